The average molecular weight is 959 g/mol. The van der Waals surface area contributed by atoms with Gasteiger partial charge in [-0.15, -0.1) is 0 Å². The molecule has 364 valence electrons. The third kappa shape index (κ3) is 9.88. The van der Waals surface area contributed by atoms with Crippen molar-refractivity contribution in [3.05, 3.63) is 260 Å². The molecular formula is C73H66O. The Kier molecular flexibility index (Phi) is 13.4. The number of carbonyl (C=O) groups excluding carboxylic acids is 1. The molecule has 0 aromatic heterocycles. The normalized spacial score (nSPS) is 11.3. The molecule has 1 nitrogen and oxygen atoms in total. The second-order valence-electron chi connectivity index (χ2n) is 21.3. The molecule has 0 fully saturated rings. The van der Waals surface area contributed by atoms with E-state index in [1.807, 2.05) is 0 Å². The maximum Gasteiger partial charge on any atom is 0.193 e. The van der Waals surface area contributed by atoms with E-state index >= 15 is 4.79 Å². The number of ketones is 1. The Morgan fingerprint density at radius 3 is 0.595 bits per heavy atom. The number of hydrogen-bond donors (Lipinski definition) is 0. The molecule has 0 saturated carbocycles. The number of rotatable bonds is 10. The van der Waals surface area contributed by atoms with Crippen LogP contribution in [0.4, 0.5) is 0 Å². The van der Waals surface area contributed by atoms with Gasteiger partial charge >= 0.3 is 0 Å². The minimum atomic E-state index is -0.0262. The van der Waals surface area contributed by atoms with Gasteiger partial charge in [-0.1, -0.05) is 144 Å². The molecule has 0 unspecified atom stereocenters. The van der Waals surface area contributed by atoms with Crippen LogP contribution in [-0.4, -0.2) is 5.78 Å². The molecule has 74 heavy (non-hydrogen) atoms. The van der Waals surface area contributed by atoms with Crippen molar-refractivity contribution in [3.8, 4) is 89.0 Å². The maximum absolute atomic E-state index is 15.8. The van der Waals surface area contributed by atoms with E-state index in [0.29, 0.717) is 11.1 Å². The largest absolute Gasteiger partial charge is 0.289 e. The molecule has 0 atom stereocenters. The van der Waals surface area contributed by atoms with Crippen molar-refractivity contribution in [1.29, 1.82) is 0 Å². The van der Waals surface area contributed by atoms with Crippen LogP contribution in [0.2, 0.25) is 0 Å². The molecule has 10 aromatic rings. The zero-order valence-corrected chi connectivity index (χ0v) is 45.2. The summed E-state index contributed by atoms with van der Waals surface area (Å²) in [6.45, 7) is 26.3. The fourth-order valence-electron chi connectivity index (χ4n) is 12.3. The summed E-state index contributed by atoms with van der Waals surface area (Å²) in [7, 11) is 0. The lowest BCUT2D eigenvalue weighted by atomic mass is 9.87. The topological polar surface area (TPSA) is 17.1 Å². The first kappa shape index (κ1) is 49.4. The van der Waals surface area contributed by atoms with Crippen LogP contribution in [0.25, 0.3) is 89.0 Å². The summed E-state index contributed by atoms with van der Waals surface area (Å²) in [6, 6.07) is 66.4. The Morgan fingerprint density at radius 2 is 0.392 bits per heavy atom. The molecule has 0 radical (unpaired) electrons. The van der Waals surface area contributed by atoms with Gasteiger partial charge in [-0.3, -0.25) is 4.79 Å². The SMILES string of the molecule is Cc1cc(C)c(-c2cccc(-c3cc(C(=O)c4cc(-c5cccc(-c6c(C)cc(C)cc6C)c5)cc(-c5cccc(-c6c(C)cc(C)cc6C)c5)c4)cc(-c4cccc(-c5c(C)cc(C)cc5C)c4)c3)c2)c(C)c1. The molecular weight excluding hydrogens is 893 g/mol. The molecule has 0 saturated heterocycles. The van der Waals surface area contributed by atoms with E-state index in [2.05, 4.69) is 265 Å². The van der Waals surface area contributed by atoms with Crippen molar-refractivity contribution in [3.63, 3.8) is 0 Å². The van der Waals surface area contributed by atoms with E-state index in [1.54, 1.807) is 0 Å². The summed E-state index contributed by atoms with van der Waals surface area (Å²) >= 11 is 0. The van der Waals surface area contributed by atoms with Crippen LogP contribution in [0.3, 0.4) is 0 Å². The Morgan fingerprint density at radius 1 is 0.216 bits per heavy atom. The second-order valence-corrected chi connectivity index (χ2v) is 21.3. The first-order valence-corrected chi connectivity index (χ1v) is 26.1. The van der Waals surface area contributed by atoms with Gasteiger partial charge in [0.05, 0.1) is 0 Å². The van der Waals surface area contributed by atoms with Crippen molar-refractivity contribution in [2.24, 2.45) is 0 Å². The lowest BCUT2D eigenvalue weighted by molar-refractivity contribution is 0.103. The van der Waals surface area contributed by atoms with Gasteiger partial charge in [0.15, 0.2) is 5.78 Å². The first-order chi connectivity index (χ1) is 35.5. The van der Waals surface area contributed by atoms with Gasteiger partial charge in [-0.25, -0.2) is 0 Å². The summed E-state index contributed by atoms with van der Waals surface area (Å²) in [5, 5.41) is 0. The Bertz CT molecular complexity index is 3290. The highest BCUT2D eigenvalue weighted by atomic mass is 16.1. The van der Waals surface area contributed by atoms with Crippen LogP contribution in [0.5, 0.6) is 0 Å². The minimum absolute atomic E-state index is 0.0262. The lowest BCUT2D eigenvalue weighted by Gasteiger charge is -2.17. The van der Waals surface area contributed by atoms with E-state index in [0.717, 1.165) is 66.8 Å². The van der Waals surface area contributed by atoms with E-state index in [1.165, 1.54) is 89.0 Å². The molecule has 0 amide bonds. The highest BCUT2D eigenvalue weighted by Gasteiger charge is 2.20. The zero-order chi connectivity index (χ0) is 52.1. The lowest BCUT2D eigenvalue weighted by Crippen LogP contribution is -2.04. The van der Waals surface area contributed by atoms with Gasteiger partial charge in [0, 0.05) is 11.1 Å². The standard InChI is InChI=1S/C73H66O/c1-43-25-47(5)69(48(6)26-43)59-21-13-17-55(33-59)63-37-64(56-18-14-22-60(34-56)70-49(7)27-44(2)28-50(70)8)40-67(39-63)73(74)68-41-65(57-19-15-23-61(35-57)71-51(9)29-45(3)30-52(71)10)38-66(42-68)58-20-16-24-62(36-58)72-53(11)31-46(4)32-54(72)12/h13-42H,1-12H3. The average Bonchev–Trinajstić information content (AvgIpc) is 3.35. The van der Waals surface area contributed by atoms with Crippen LogP contribution < -0.4 is 0 Å². The summed E-state index contributed by atoms with van der Waals surface area (Å²) < 4.78 is 0. The number of benzene rings is 10. The van der Waals surface area contributed by atoms with Crippen molar-refractivity contribution in [1.82, 2.24) is 0 Å². The van der Waals surface area contributed by atoms with E-state index in [9.17, 15) is 0 Å². The molecule has 0 aliphatic heterocycles. The van der Waals surface area contributed by atoms with E-state index in [-0.39, 0.29) is 5.78 Å². The predicted octanol–water partition coefficient (Wildman–Crippen LogP) is 20.0. The number of carbonyl (C=O) groups is 1. The number of aryl methyl sites for hydroxylation is 12. The molecule has 0 bridgehead atoms. The minimum Gasteiger partial charge on any atom is -0.289 e. The van der Waals surface area contributed by atoms with Crippen LogP contribution in [0, 0.1) is 83.1 Å². The predicted molar refractivity (Wildman–Crippen MR) is 317 cm³/mol. The van der Waals surface area contributed by atoms with Crippen LogP contribution in [-0.2, 0) is 0 Å². The zero-order valence-electron chi connectivity index (χ0n) is 45.2. The monoisotopic (exact) mass is 959 g/mol. The van der Waals surface area contributed by atoms with E-state index in [4.69, 9.17) is 0 Å². The molecule has 10 aromatic carbocycles. The van der Waals surface area contributed by atoms with Gasteiger partial charge in [-0.2, -0.15) is 0 Å². The first-order valence-electron chi connectivity index (χ1n) is 26.1. The second kappa shape index (κ2) is 20.1. The Hall–Kier alpha value is -8.13. The van der Waals surface area contributed by atoms with Crippen molar-refractivity contribution >= 4 is 5.78 Å². The fourth-order valence-corrected chi connectivity index (χ4v) is 12.3. The molecule has 0 N–H and O–H groups in total. The number of hydrogen-bond acceptors (Lipinski definition) is 1. The molecule has 0 heterocycles. The third-order valence-electron chi connectivity index (χ3n) is 15.0. The van der Waals surface area contributed by atoms with Crippen LogP contribution >= 0.6 is 0 Å². The molecule has 0 spiro atoms. The van der Waals surface area contributed by atoms with E-state index < -0.39 is 0 Å². The molecule has 1 heteroatoms. The van der Waals surface area contributed by atoms with Gasteiger partial charge in [0.2, 0.25) is 0 Å². The van der Waals surface area contributed by atoms with Gasteiger partial charge in [0.25, 0.3) is 0 Å². The highest BCUT2D eigenvalue weighted by molar-refractivity contribution is 6.11. The van der Waals surface area contributed by atoms with Gasteiger partial charge in [0.1, 0.15) is 0 Å². The fraction of sp³-hybridized carbons (Fsp3) is 0.164. The Labute approximate surface area is 440 Å². The Balaban J connectivity index is 1.17. The molecule has 0 aliphatic rings. The van der Waals surface area contributed by atoms with Crippen LogP contribution in [0.15, 0.2) is 182 Å². The smallest absolute Gasteiger partial charge is 0.193 e. The van der Waals surface area contributed by atoms with Gasteiger partial charge in [-0.05, 0) is 277 Å². The highest BCUT2D eigenvalue weighted by Crippen LogP contribution is 2.40. The van der Waals surface area contributed by atoms with Crippen molar-refractivity contribution < 1.29 is 4.79 Å². The maximum atomic E-state index is 15.8. The van der Waals surface area contributed by atoms with Crippen molar-refractivity contribution in [2.45, 2.75) is 83.1 Å². The summed E-state index contributed by atoms with van der Waals surface area (Å²) in [5.74, 6) is -0.0262. The molecule has 0 aliphatic carbocycles. The summed E-state index contributed by atoms with van der Waals surface area (Å²) in [6.07, 6.45) is 0. The van der Waals surface area contributed by atoms with Crippen molar-refractivity contribution in [2.75, 3.05) is 0 Å². The summed E-state index contributed by atoms with van der Waals surface area (Å²) in [4.78, 5) is 15.8. The summed E-state index contributed by atoms with van der Waals surface area (Å²) in [5.41, 5.74) is 34.2. The van der Waals surface area contributed by atoms with Crippen LogP contribution in [0.1, 0.15) is 82.7 Å². The third-order valence-corrected chi connectivity index (χ3v) is 15.0. The quantitative estimate of drug-likeness (QED) is 0.125. The van der Waals surface area contributed by atoms with Gasteiger partial charge < -0.3 is 0 Å². The molecule has 10 rings (SSSR count).